The zero-order chi connectivity index (χ0) is 31.9. The monoisotopic (exact) mass is 750 g/mol. The van der Waals surface area contributed by atoms with Crippen LogP contribution in [0.3, 0.4) is 0 Å². The van der Waals surface area contributed by atoms with E-state index in [1.807, 2.05) is 78.9 Å². The molecule has 0 N–H and O–H groups in total. The van der Waals surface area contributed by atoms with E-state index in [1.54, 1.807) is 36.4 Å². The highest BCUT2D eigenvalue weighted by Gasteiger charge is 2.35. The van der Waals surface area contributed by atoms with Crippen molar-refractivity contribution in [3.8, 4) is 0 Å². The molecule has 3 aromatic carbocycles. The molecule has 12 heteroatoms. The largest absolute Gasteiger partial charge is 0.286 e. The van der Waals surface area contributed by atoms with E-state index >= 15 is 0 Å². The van der Waals surface area contributed by atoms with E-state index < -0.39 is 0 Å². The third-order valence-electron chi connectivity index (χ3n) is 6.30. The standard InChI is InChI=1S/C34H22O4S8/c35-25(21-13-5-1-6-14-21)39-29-30(40-26(36)22-15-7-2-8-16-22)44-33(43-29)34-45-31(41-27(37)23-17-9-3-10-18-23)32(46-34)42-28(38)24-19-11-4-12-20-24/h1-19,24H,20H2. The fourth-order valence-electron chi connectivity index (χ4n) is 4.04. The summed E-state index contributed by atoms with van der Waals surface area (Å²) in [6.45, 7) is 0. The highest BCUT2D eigenvalue weighted by Crippen LogP contribution is 2.66. The molecule has 1 atom stereocenters. The van der Waals surface area contributed by atoms with Crippen molar-refractivity contribution in [2.24, 2.45) is 5.92 Å². The first-order chi connectivity index (χ1) is 22.4. The Morgan fingerprint density at radius 1 is 0.500 bits per heavy atom. The topological polar surface area (TPSA) is 68.3 Å². The van der Waals surface area contributed by atoms with Gasteiger partial charge < -0.3 is 0 Å². The molecule has 3 aliphatic rings. The van der Waals surface area contributed by atoms with E-state index in [0.717, 1.165) is 60.7 Å². The Morgan fingerprint density at radius 3 is 1.22 bits per heavy atom. The lowest BCUT2D eigenvalue weighted by Crippen LogP contribution is -2.08. The minimum Gasteiger partial charge on any atom is -0.286 e. The van der Waals surface area contributed by atoms with Crippen LogP contribution in [0.5, 0.6) is 0 Å². The van der Waals surface area contributed by atoms with Gasteiger partial charge >= 0.3 is 0 Å². The number of benzene rings is 3. The Balaban J connectivity index is 1.26. The molecule has 1 unspecified atom stereocenters. The number of hydrogen-bond donors (Lipinski definition) is 0. The van der Waals surface area contributed by atoms with Gasteiger partial charge in [0.15, 0.2) is 0 Å². The summed E-state index contributed by atoms with van der Waals surface area (Å²) in [5.41, 5.74) is 1.75. The number of carbonyl (C=O) groups excluding carboxylic acids is 4. The summed E-state index contributed by atoms with van der Waals surface area (Å²) in [7, 11) is 0. The summed E-state index contributed by atoms with van der Waals surface area (Å²) >= 11 is 10.4. The van der Waals surface area contributed by atoms with Crippen LogP contribution in [0.1, 0.15) is 37.5 Å². The minimum absolute atomic E-state index is 0.0273. The molecule has 3 aromatic rings. The van der Waals surface area contributed by atoms with Crippen LogP contribution in [0.15, 0.2) is 141 Å². The van der Waals surface area contributed by atoms with Crippen LogP contribution in [0.25, 0.3) is 0 Å². The molecule has 0 fully saturated rings. The van der Waals surface area contributed by atoms with Crippen molar-refractivity contribution in [2.75, 3.05) is 0 Å². The van der Waals surface area contributed by atoms with E-state index in [4.69, 9.17) is 0 Å². The molecule has 230 valence electrons. The number of carbonyl (C=O) groups is 4. The number of allylic oxidation sites excluding steroid dienone is 4. The number of rotatable bonds is 8. The Bertz CT molecular complexity index is 1760. The molecular formula is C34H22O4S8. The van der Waals surface area contributed by atoms with Crippen LogP contribution in [0.2, 0.25) is 0 Å². The first kappa shape index (κ1) is 33.7. The van der Waals surface area contributed by atoms with E-state index in [0.29, 0.717) is 23.1 Å². The molecule has 4 nitrogen and oxygen atoms in total. The molecule has 2 aliphatic heterocycles. The molecule has 2 heterocycles. The summed E-state index contributed by atoms with van der Waals surface area (Å²) < 4.78 is 4.83. The van der Waals surface area contributed by atoms with Crippen LogP contribution >= 0.6 is 94.1 Å². The van der Waals surface area contributed by atoms with Gasteiger partial charge in [0, 0.05) is 16.7 Å². The number of thioether (sulfide) groups is 8. The third-order valence-corrected chi connectivity index (χ3v) is 17.3. The van der Waals surface area contributed by atoms with Crippen molar-refractivity contribution in [2.45, 2.75) is 6.42 Å². The van der Waals surface area contributed by atoms with Crippen molar-refractivity contribution in [1.29, 1.82) is 0 Å². The van der Waals surface area contributed by atoms with Gasteiger partial charge in [-0.1, -0.05) is 162 Å². The SMILES string of the molecule is O=C(SC1=C(SC(=O)c2ccccc2)SC(=C2SC(SC(=O)c3ccccc3)=C(SC(=O)C3C=CC=CC3)S2)S1)c1ccccc1. The summed E-state index contributed by atoms with van der Waals surface area (Å²) in [6, 6.07) is 27.3. The highest BCUT2D eigenvalue weighted by molar-refractivity contribution is 8.48. The van der Waals surface area contributed by atoms with E-state index in [1.165, 1.54) is 58.8 Å². The first-order valence-electron chi connectivity index (χ1n) is 13.8. The minimum atomic E-state index is -0.225. The molecule has 1 aliphatic carbocycles. The number of hydrogen-bond acceptors (Lipinski definition) is 12. The van der Waals surface area contributed by atoms with Gasteiger partial charge in [-0.05, 0) is 53.5 Å². The van der Waals surface area contributed by atoms with Gasteiger partial charge in [-0.15, -0.1) is 0 Å². The second-order valence-electron chi connectivity index (χ2n) is 9.48. The lowest BCUT2D eigenvalue weighted by Gasteiger charge is -2.11. The second kappa shape index (κ2) is 16.3. The second-order valence-corrected chi connectivity index (χ2v) is 19.1. The smallest absolute Gasteiger partial charge is 0.224 e. The normalized spacial score (nSPS) is 17.6. The van der Waals surface area contributed by atoms with Gasteiger partial charge in [0.25, 0.3) is 0 Å². The Labute approximate surface area is 301 Å². The maximum Gasteiger partial charge on any atom is 0.224 e. The lowest BCUT2D eigenvalue weighted by molar-refractivity contribution is -0.113. The highest BCUT2D eigenvalue weighted by atomic mass is 32.3. The first-order valence-corrected chi connectivity index (χ1v) is 20.3. The summed E-state index contributed by atoms with van der Waals surface area (Å²) in [5, 5.41) is -0.280. The molecule has 0 saturated carbocycles. The molecule has 6 rings (SSSR count). The fraction of sp³-hybridized carbons (Fsp3) is 0.0588. The molecule has 0 bridgehead atoms. The zero-order valence-electron chi connectivity index (χ0n) is 23.7. The Morgan fingerprint density at radius 2 is 0.870 bits per heavy atom. The average Bonchev–Trinajstić information content (AvgIpc) is 3.69. The quantitative estimate of drug-likeness (QED) is 0.220. The molecule has 0 aromatic heterocycles. The molecule has 0 radical (unpaired) electrons. The Hall–Kier alpha value is -2.16. The van der Waals surface area contributed by atoms with Crippen molar-refractivity contribution in [3.05, 3.63) is 157 Å². The van der Waals surface area contributed by atoms with Crippen molar-refractivity contribution in [1.82, 2.24) is 0 Å². The zero-order valence-corrected chi connectivity index (χ0v) is 30.2. The average molecular weight is 751 g/mol. The molecule has 46 heavy (non-hydrogen) atoms. The predicted molar refractivity (Wildman–Crippen MR) is 206 cm³/mol. The van der Waals surface area contributed by atoms with Gasteiger partial charge in [-0.3, -0.25) is 19.2 Å². The van der Waals surface area contributed by atoms with Crippen molar-refractivity contribution in [3.63, 3.8) is 0 Å². The van der Waals surface area contributed by atoms with Gasteiger partial charge in [0.2, 0.25) is 20.5 Å². The molecule has 0 spiro atoms. The lowest BCUT2D eigenvalue weighted by atomic mass is 10.0. The maximum absolute atomic E-state index is 13.3. The van der Waals surface area contributed by atoms with Gasteiger partial charge in [0.1, 0.15) is 0 Å². The summed E-state index contributed by atoms with van der Waals surface area (Å²) in [4.78, 5) is 53.1. The van der Waals surface area contributed by atoms with Crippen LogP contribution in [-0.4, -0.2) is 20.5 Å². The van der Waals surface area contributed by atoms with E-state index in [9.17, 15) is 19.2 Å². The van der Waals surface area contributed by atoms with Gasteiger partial charge in [-0.2, -0.15) is 0 Å². The molecule has 0 amide bonds. The van der Waals surface area contributed by atoms with Crippen LogP contribution in [-0.2, 0) is 4.79 Å². The van der Waals surface area contributed by atoms with Crippen molar-refractivity contribution >= 4 is 115 Å². The summed E-state index contributed by atoms with van der Waals surface area (Å²) in [5.74, 6) is -0.225. The molecule has 0 saturated heterocycles. The summed E-state index contributed by atoms with van der Waals surface area (Å²) in [6.07, 6.45) is 8.38. The fourth-order valence-corrected chi connectivity index (χ4v) is 15.0. The van der Waals surface area contributed by atoms with E-state index in [2.05, 4.69) is 0 Å². The predicted octanol–water partition coefficient (Wildman–Crippen LogP) is 11.4. The van der Waals surface area contributed by atoms with Crippen LogP contribution in [0.4, 0.5) is 0 Å². The van der Waals surface area contributed by atoms with Crippen LogP contribution < -0.4 is 0 Å². The van der Waals surface area contributed by atoms with Crippen LogP contribution in [0, 0.1) is 5.92 Å². The Kier molecular flexibility index (Phi) is 11.9. The maximum atomic E-state index is 13.3. The van der Waals surface area contributed by atoms with E-state index in [-0.39, 0.29) is 26.4 Å². The molecular weight excluding hydrogens is 729 g/mol. The van der Waals surface area contributed by atoms with Gasteiger partial charge in [-0.25, -0.2) is 0 Å². The van der Waals surface area contributed by atoms with Crippen molar-refractivity contribution < 1.29 is 19.2 Å². The third kappa shape index (κ3) is 8.65. The van der Waals surface area contributed by atoms with Gasteiger partial charge in [0.05, 0.1) is 31.3 Å².